The molecular formula is C17H25Cl2N5O2. The number of piperidine rings is 1. The Balaban J connectivity index is 1.85. The highest BCUT2D eigenvalue weighted by molar-refractivity contribution is 6.35. The highest BCUT2D eigenvalue weighted by Crippen LogP contribution is 2.22. The Morgan fingerprint density at radius 2 is 2.15 bits per heavy atom. The highest BCUT2D eigenvalue weighted by atomic mass is 35.5. The van der Waals surface area contributed by atoms with Gasteiger partial charge in [0.2, 0.25) is 0 Å². The Morgan fingerprint density at radius 3 is 2.77 bits per heavy atom. The molecule has 0 radical (unpaired) electrons. The molecule has 1 aromatic rings. The lowest BCUT2D eigenvalue weighted by Gasteiger charge is -2.33. The number of halogens is 2. The third-order valence-electron chi connectivity index (χ3n) is 4.14. The maximum atomic E-state index is 11.6. The minimum Gasteiger partial charge on any atom is -0.469 e. The van der Waals surface area contributed by atoms with Crippen molar-refractivity contribution in [3.63, 3.8) is 0 Å². The third-order valence-corrected chi connectivity index (χ3v) is 4.63. The number of hydrogen-bond donors (Lipinski definition) is 2. The number of guanidine groups is 1. The van der Waals surface area contributed by atoms with E-state index in [1.165, 1.54) is 7.11 Å². The van der Waals surface area contributed by atoms with E-state index in [2.05, 4.69) is 25.5 Å². The summed E-state index contributed by atoms with van der Waals surface area (Å²) in [5.74, 6) is 1.31. The molecular weight excluding hydrogens is 377 g/mol. The van der Waals surface area contributed by atoms with Gasteiger partial charge in [-0.25, -0.2) is 4.98 Å². The molecule has 0 amide bonds. The molecule has 0 saturated carbocycles. The van der Waals surface area contributed by atoms with Crippen LogP contribution in [0.25, 0.3) is 0 Å². The Morgan fingerprint density at radius 1 is 1.42 bits per heavy atom. The van der Waals surface area contributed by atoms with Gasteiger partial charge in [0.1, 0.15) is 5.82 Å². The van der Waals surface area contributed by atoms with Crippen LogP contribution in [0.3, 0.4) is 0 Å². The van der Waals surface area contributed by atoms with Gasteiger partial charge in [-0.1, -0.05) is 23.2 Å². The molecule has 1 aliphatic heterocycles. The number of pyridine rings is 1. The summed E-state index contributed by atoms with van der Waals surface area (Å²) in [5, 5.41) is 7.44. The first-order valence-corrected chi connectivity index (χ1v) is 9.46. The summed E-state index contributed by atoms with van der Waals surface area (Å²) >= 11 is 11.9. The lowest BCUT2D eigenvalue weighted by molar-refractivity contribution is -0.146. The molecule has 26 heavy (non-hydrogen) atoms. The van der Waals surface area contributed by atoms with Crippen molar-refractivity contribution in [2.24, 2.45) is 10.9 Å². The van der Waals surface area contributed by atoms with Gasteiger partial charge < -0.3 is 20.3 Å². The summed E-state index contributed by atoms with van der Waals surface area (Å²) in [7, 11) is 1.44. The zero-order valence-corrected chi connectivity index (χ0v) is 16.6. The topological polar surface area (TPSA) is 78.9 Å². The number of carbonyl (C=O) groups is 1. The number of nitrogens with zero attached hydrogens (tertiary/aromatic N) is 3. The predicted molar refractivity (Wildman–Crippen MR) is 105 cm³/mol. The molecule has 9 heteroatoms. The van der Waals surface area contributed by atoms with Crippen molar-refractivity contribution in [3.05, 3.63) is 22.3 Å². The fourth-order valence-corrected chi connectivity index (χ4v) is 3.25. The van der Waals surface area contributed by atoms with E-state index in [1.54, 1.807) is 12.3 Å². The molecule has 0 unspecified atom stereocenters. The molecule has 2 N–H and O–H groups in total. The summed E-state index contributed by atoms with van der Waals surface area (Å²) in [6.45, 7) is 5.55. The van der Waals surface area contributed by atoms with Crippen LogP contribution in [-0.2, 0) is 9.53 Å². The van der Waals surface area contributed by atoms with Crippen molar-refractivity contribution in [1.82, 2.24) is 15.2 Å². The minimum absolute atomic E-state index is 0.0149. The molecule has 2 heterocycles. The molecule has 2 rings (SSSR count). The first-order chi connectivity index (χ1) is 12.5. The Hall–Kier alpha value is -1.73. The van der Waals surface area contributed by atoms with Crippen LogP contribution < -0.4 is 10.6 Å². The zero-order valence-electron chi connectivity index (χ0n) is 15.1. The number of hydrogen-bond acceptors (Lipinski definition) is 5. The normalized spacial score (nSPS) is 15.7. The summed E-state index contributed by atoms with van der Waals surface area (Å²) in [5.41, 5.74) is 0. The fourth-order valence-electron chi connectivity index (χ4n) is 2.80. The average Bonchev–Trinajstić information content (AvgIpc) is 2.65. The second-order valence-electron chi connectivity index (χ2n) is 5.93. The van der Waals surface area contributed by atoms with Crippen molar-refractivity contribution < 1.29 is 9.53 Å². The van der Waals surface area contributed by atoms with Crippen molar-refractivity contribution in [3.8, 4) is 0 Å². The van der Waals surface area contributed by atoms with E-state index < -0.39 is 0 Å². The highest BCUT2D eigenvalue weighted by Gasteiger charge is 2.26. The number of nitrogens with one attached hydrogen (secondary N) is 2. The second-order valence-corrected chi connectivity index (χ2v) is 6.77. The van der Waals surface area contributed by atoms with Gasteiger partial charge >= 0.3 is 5.97 Å². The number of aliphatic imine (C=N–C) groups is 1. The molecule has 0 aromatic carbocycles. The van der Waals surface area contributed by atoms with Crippen molar-refractivity contribution >= 4 is 40.9 Å². The number of carbonyl (C=O) groups excluding carboxylic acids is 1. The van der Waals surface area contributed by atoms with Crippen molar-refractivity contribution in [2.75, 3.05) is 45.2 Å². The molecule has 1 aliphatic rings. The number of rotatable bonds is 6. The monoisotopic (exact) mass is 401 g/mol. The van der Waals surface area contributed by atoms with Crippen molar-refractivity contribution in [2.45, 2.75) is 19.8 Å². The Kier molecular flexibility index (Phi) is 8.25. The number of aromatic nitrogens is 1. The number of likely N-dealkylation sites (tertiary alicyclic amines) is 1. The first-order valence-electron chi connectivity index (χ1n) is 8.71. The summed E-state index contributed by atoms with van der Waals surface area (Å²) in [6.07, 6.45) is 3.11. The molecule has 7 nitrogen and oxygen atoms in total. The van der Waals surface area contributed by atoms with Crippen LogP contribution in [0.4, 0.5) is 5.82 Å². The predicted octanol–water partition coefficient (Wildman–Crippen LogP) is 2.65. The molecule has 1 aromatic heterocycles. The maximum Gasteiger partial charge on any atom is 0.308 e. The molecule has 0 aliphatic carbocycles. The van der Waals surface area contributed by atoms with Gasteiger partial charge in [-0.15, -0.1) is 0 Å². The van der Waals surface area contributed by atoms with Crippen LogP contribution in [0.1, 0.15) is 19.8 Å². The standard InChI is InChI=1S/C17H25Cl2N5O2/c1-3-20-17(24-8-4-12(5-9-24)16(25)26-2)22-7-6-21-15-14(19)10-13(18)11-23-15/h10-12H,3-9H2,1-2H3,(H,20,22)(H,21,23). The lowest BCUT2D eigenvalue weighted by atomic mass is 9.97. The van der Waals surface area contributed by atoms with Gasteiger partial charge in [-0.3, -0.25) is 9.79 Å². The van der Waals surface area contributed by atoms with E-state index in [1.807, 2.05) is 6.92 Å². The van der Waals surface area contributed by atoms with Gasteiger partial charge in [0, 0.05) is 32.4 Å². The van der Waals surface area contributed by atoms with Crippen LogP contribution in [0, 0.1) is 5.92 Å². The Bertz CT molecular complexity index is 634. The number of ether oxygens (including phenoxy) is 1. The van der Waals surface area contributed by atoms with E-state index in [9.17, 15) is 4.79 Å². The van der Waals surface area contributed by atoms with Gasteiger partial charge in [0.25, 0.3) is 0 Å². The Labute approximate surface area is 164 Å². The number of esters is 1. The third kappa shape index (κ3) is 5.92. The largest absolute Gasteiger partial charge is 0.469 e. The smallest absolute Gasteiger partial charge is 0.308 e. The molecule has 1 saturated heterocycles. The van der Waals surface area contributed by atoms with Crippen LogP contribution >= 0.6 is 23.2 Å². The lowest BCUT2D eigenvalue weighted by Crippen LogP contribution is -2.46. The second kappa shape index (κ2) is 10.4. The summed E-state index contributed by atoms with van der Waals surface area (Å²) < 4.78 is 4.83. The zero-order chi connectivity index (χ0) is 18.9. The van der Waals surface area contributed by atoms with Crippen LogP contribution in [0.15, 0.2) is 17.3 Å². The number of anilines is 1. The average molecular weight is 402 g/mol. The minimum atomic E-state index is -0.122. The first kappa shape index (κ1) is 20.6. The SMILES string of the molecule is CCNC(=NCCNc1ncc(Cl)cc1Cl)N1CCC(C(=O)OC)CC1. The van der Waals surface area contributed by atoms with Gasteiger partial charge in [0.15, 0.2) is 5.96 Å². The molecule has 0 bridgehead atoms. The van der Waals surface area contributed by atoms with Gasteiger partial charge in [-0.05, 0) is 25.8 Å². The van der Waals surface area contributed by atoms with E-state index >= 15 is 0 Å². The quantitative estimate of drug-likeness (QED) is 0.330. The van der Waals surface area contributed by atoms with Crippen LogP contribution in [0.5, 0.6) is 0 Å². The van der Waals surface area contributed by atoms with Crippen LogP contribution in [0.2, 0.25) is 10.0 Å². The van der Waals surface area contributed by atoms with E-state index in [4.69, 9.17) is 27.9 Å². The van der Waals surface area contributed by atoms with E-state index in [0.29, 0.717) is 29.0 Å². The molecule has 144 valence electrons. The van der Waals surface area contributed by atoms with E-state index in [-0.39, 0.29) is 11.9 Å². The molecule has 0 spiro atoms. The number of methoxy groups -OCH3 is 1. The summed E-state index contributed by atoms with van der Waals surface area (Å²) in [6, 6.07) is 1.65. The van der Waals surface area contributed by atoms with Crippen LogP contribution in [-0.4, -0.2) is 61.6 Å². The molecule has 1 fully saturated rings. The summed E-state index contributed by atoms with van der Waals surface area (Å²) in [4.78, 5) is 22.6. The van der Waals surface area contributed by atoms with Crippen molar-refractivity contribution in [1.29, 1.82) is 0 Å². The maximum absolute atomic E-state index is 11.6. The van der Waals surface area contributed by atoms with Gasteiger partial charge in [-0.2, -0.15) is 0 Å². The van der Waals surface area contributed by atoms with E-state index in [0.717, 1.165) is 38.4 Å². The van der Waals surface area contributed by atoms with Gasteiger partial charge in [0.05, 0.1) is 29.6 Å². The molecule has 0 atom stereocenters. The fraction of sp³-hybridized carbons (Fsp3) is 0.588.